The second kappa shape index (κ2) is 5.37. The van der Waals surface area contributed by atoms with Crippen molar-refractivity contribution in [2.24, 2.45) is 0 Å². The van der Waals surface area contributed by atoms with Gasteiger partial charge in [0.1, 0.15) is 17.4 Å². The Labute approximate surface area is 133 Å². The predicted octanol–water partition coefficient (Wildman–Crippen LogP) is 0.736. The summed E-state index contributed by atoms with van der Waals surface area (Å²) in [6, 6.07) is 0. The Bertz CT molecular complexity index is 921. The molecule has 8 heteroatoms. The van der Waals surface area contributed by atoms with E-state index in [-0.39, 0.29) is 5.95 Å². The van der Waals surface area contributed by atoms with Gasteiger partial charge in [-0.25, -0.2) is 4.98 Å². The fourth-order valence-corrected chi connectivity index (χ4v) is 2.25. The molecule has 0 radical (unpaired) electrons. The number of nitrogen functional groups attached to an aromatic ring is 1. The van der Waals surface area contributed by atoms with Crippen molar-refractivity contribution in [3.05, 3.63) is 24.3 Å². The van der Waals surface area contributed by atoms with Crippen LogP contribution in [0.1, 0.15) is 26.3 Å². The molecule has 0 saturated carbocycles. The lowest BCUT2D eigenvalue weighted by molar-refractivity contribution is 0.143. The standard InChI is InChI=1S/C15H17N7O/c1-4-21-12-10(5-6-15(2,3)23)7-17-8-11(12)20-14(21)22-13(16)18-9-19-22/h7-9,23H,4H2,1-3H3,(H2,16,18,19). The first-order valence-electron chi connectivity index (χ1n) is 7.16. The number of hydrogen-bond donors (Lipinski definition) is 2. The van der Waals surface area contributed by atoms with Gasteiger partial charge < -0.3 is 15.4 Å². The minimum Gasteiger partial charge on any atom is -0.378 e. The number of nitrogens with two attached hydrogens (primary N) is 1. The topological polar surface area (TPSA) is 108 Å². The van der Waals surface area contributed by atoms with Crippen molar-refractivity contribution in [2.75, 3.05) is 5.73 Å². The number of rotatable bonds is 2. The van der Waals surface area contributed by atoms with Crippen LogP contribution in [-0.2, 0) is 6.54 Å². The molecule has 0 unspecified atom stereocenters. The van der Waals surface area contributed by atoms with E-state index >= 15 is 0 Å². The zero-order valence-corrected chi connectivity index (χ0v) is 13.1. The molecule has 118 valence electrons. The van der Waals surface area contributed by atoms with Gasteiger partial charge in [0.15, 0.2) is 0 Å². The van der Waals surface area contributed by atoms with E-state index in [2.05, 4.69) is 31.9 Å². The van der Waals surface area contributed by atoms with Crippen molar-refractivity contribution in [3.63, 3.8) is 0 Å². The normalized spacial score (nSPS) is 11.5. The van der Waals surface area contributed by atoms with Crippen LogP contribution in [0.4, 0.5) is 5.95 Å². The van der Waals surface area contributed by atoms with E-state index in [4.69, 9.17) is 5.73 Å². The lowest BCUT2D eigenvalue weighted by Gasteiger charge is -2.08. The number of fused-ring (bicyclic) bond motifs is 1. The van der Waals surface area contributed by atoms with E-state index in [1.54, 1.807) is 26.2 Å². The summed E-state index contributed by atoms with van der Waals surface area (Å²) < 4.78 is 3.41. The van der Waals surface area contributed by atoms with Gasteiger partial charge in [-0.05, 0) is 20.8 Å². The molecule has 3 rings (SSSR count). The van der Waals surface area contributed by atoms with Crippen LogP contribution in [-0.4, -0.2) is 40.0 Å². The molecule has 0 atom stereocenters. The predicted molar refractivity (Wildman–Crippen MR) is 85.7 cm³/mol. The molecule has 0 aliphatic rings. The fourth-order valence-electron chi connectivity index (χ4n) is 2.25. The van der Waals surface area contributed by atoms with Gasteiger partial charge in [0.05, 0.1) is 17.3 Å². The average Bonchev–Trinajstić information content (AvgIpc) is 3.06. The number of pyridine rings is 1. The van der Waals surface area contributed by atoms with Crippen LogP contribution in [0.3, 0.4) is 0 Å². The molecule has 0 bridgehead atoms. The van der Waals surface area contributed by atoms with Crippen LogP contribution in [0.5, 0.6) is 0 Å². The first kappa shape index (κ1) is 15.0. The zero-order valence-electron chi connectivity index (χ0n) is 13.1. The summed E-state index contributed by atoms with van der Waals surface area (Å²) in [5, 5.41) is 13.9. The van der Waals surface area contributed by atoms with Crippen molar-refractivity contribution in [2.45, 2.75) is 32.9 Å². The fraction of sp³-hybridized carbons (Fsp3) is 0.333. The maximum atomic E-state index is 9.81. The molecule has 0 amide bonds. The lowest BCUT2D eigenvalue weighted by Crippen LogP contribution is -2.14. The van der Waals surface area contributed by atoms with E-state index in [0.29, 0.717) is 23.6 Å². The van der Waals surface area contributed by atoms with Crippen LogP contribution in [0.25, 0.3) is 17.0 Å². The maximum Gasteiger partial charge on any atom is 0.235 e. The highest BCUT2D eigenvalue weighted by molar-refractivity contribution is 5.83. The number of hydrogen-bond acceptors (Lipinski definition) is 6. The third-order valence-corrected chi connectivity index (χ3v) is 3.21. The Morgan fingerprint density at radius 2 is 2.13 bits per heavy atom. The molecular formula is C15H17N7O. The van der Waals surface area contributed by atoms with Crippen LogP contribution in [0, 0.1) is 11.8 Å². The molecule has 3 aromatic heterocycles. The number of aromatic nitrogens is 6. The lowest BCUT2D eigenvalue weighted by atomic mass is 10.1. The summed E-state index contributed by atoms with van der Waals surface area (Å²) in [5.74, 6) is 6.59. The highest BCUT2D eigenvalue weighted by Gasteiger charge is 2.17. The molecule has 0 aromatic carbocycles. The Morgan fingerprint density at radius 1 is 1.35 bits per heavy atom. The molecule has 3 aromatic rings. The summed E-state index contributed by atoms with van der Waals surface area (Å²) in [6.45, 7) is 5.90. The molecule has 0 fully saturated rings. The molecule has 0 aliphatic heterocycles. The molecule has 8 nitrogen and oxygen atoms in total. The first-order valence-corrected chi connectivity index (χ1v) is 7.16. The Kier molecular flexibility index (Phi) is 3.50. The number of anilines is 1. The van der Waals surface area contributed by atoms with Crippen molar-refractivity contribution in [1.29, 1.82) is 0 Å². The minimum absolute atomic E-state index is 0.257. The van der Waals surface area contributed by atoms with Gasteiger partial charge in [-0.15, -0.1) is 0 Å². The van der Waals surface area contributed by atoms with Crippen molar-refractivity contribution >= 4 is 17.0 Å². The van der Waals surface area contributed by atoms with Gasteiger partial charge in [0.25, 0.3) is 0 Å². The second-order valence-electron chi connectivity index (χ2n) is 5.55. The number of imidazole rings is 1. The molecule has 0 spiro atoms. The van der Waals surface area contributed by atoms with Crippen LogP contribution in [0.2, 0.25) is 0 Å². The largest absolute Gasteiger partial charge is 0.378 e. The zero-order chi connectivity index (χ0) is 16.6. The third-order valence-electron chi connectivity index (χ3n) is 3.21. The molecule has 3 heterocycles. The van der Waals surface area contributed by atoms with Crippen molar-refractivity contribution in [3.8, 4) is 17.8 Å². The summed E-state index contributed by atoms with van der Waals surface area (Å²) in [4.78, 5) is 12.6. The van der Waals surface area contributed by atoms with Crippen LogP contribution >= 0.6 is 0 Å². The second-order valence-corrected chi connectivity index (χ2v) is 5.55. The molecule has 0 saturated heterocycles. The third kappa shape index (κ3) is 2.74. The van der Waals surface area contributed by atoms with Crippen molar-refractivity contribution in [1.82, 2.24) is 29.3 Å². The highest BCUT2D eigenvalue weighted by atomic mass is 16.3. The van der Waals surface area contributed by atoms with Gasteiger partial charge in [0.2, 0.25) is 11.9 Å². The van der Waals surface area contributed by atoms with Gasteiger partial charge in [-0.1, -0.05) is 11.8 Å². The van der Waals surface area contributed by atoms with Gasteiger partial charge in [0, 0.05) is 12.7 Å². The van der Waals surface area contributed by atoms with E-state index < -0.39 is 5.60 Å². The van der Waals surface area contributed by atoms with E-state index in [1.165, 1.54) is 11.0 Å². The van der Waals surface area contributed by atoms with Crippen molar-refractivity contribution < 1.29 is 5.11 Å². The Morgan fingerprint density at radius 3 is 2.74 bits per heavy atom. The van der Waals surface area contributed by atoms with E-state index in [9.17, 15) is 5.11 Å². The molecular weight excluding hydrogens is 294 g/mol. The van der Waals surface area contributed by atoms with Gasteiger partial charge >= 0.3 is 0 Å². The average molecular weight is 311 g/mol. The molecule has 23 heavy (non-hydrogen) atoms. The summed E-state index contributed by atoms with van der Waals surface area (Å²) in [5.41, 5.74) is 6.93. The van der Waals surface area contributed by atoms with E-state index in [0.717, 1.165) is 5.52 Å². The Hall–Kier alpha value is -2.92. The monoisotopic (exact) mass is 311 g/mol. The number of aliphatic hydroxyl groups is 1. The van der Waals surface area contributed by atoms with Gasteiger partial charge in [-0.2, -0.15) is 14.8 Å². The summed E-state index contributed by atoms with van der Waals surface area (Å²) in [6.07, 6.45) is 4.69. The molecule has 3 N–H and O–H groups in total. The first-order chi connectivity index (χ1) is 10.9. The van der Waals surface area contributed by atoms with E-state index in [1.807, 2.05) is 11.5 Å². The quantitative estimate of drug-likeness (QED) is 0.676. The van der Waals surface area contributed by atoms with Crippen LogP contribution < -0.4 is 5.73 Å². The number of aryl methyl sites for hydroxylation is 1. The van der Waals surface area contributed by atoms with Gasteiger partial charge in [-0.3, -0.25) is 4.98 Å². The summed E-state index contributed by atoms with van der Waals surface area (Å²) in [7, 11) is 0. The Balaban J connectivity index is 2.27. The SMILES string of the molecule is CCn1c(-n2ncnc2N)nc2cncc(C#CC(C)(C)O)c21. The molecule has 0 aliphatic carbocycles. The maximum absolute atomic E-state index is 9.81. The number of nitrogens with zero attached hydrogens (tertiary/aromatic N) is 6. The minimum atomic E-state index is -1.08. The smallest absolute Gasteiger partial charge is 0.235 e. The summed E-state index contributed by atoms with van der Waals surface area (Å²) >= 11 is 0. The highest BCUT2D eigenvalue weighted by Crippen LogP contribution is 2.22. The van der Waals surface area contributed by atoms with Crippen LogP contribution in [0.15, 0.2) is 18.7 Å².